The van der Waals surface area contributed by atoms with Gasteiger partial charge in [0, 0.05) is 6.07 Å². The fourth-order valence-electron chi connectivity index (χ4n) is 1.59. The Morgan fingerprint density at radius 1 is 1.43 bits per heavy atom. The van der Waals surface area contributed by atoms with Crippen LogP contribution in [0.5, 0.6) is 0 Å². The van der Waals surface area contributed by atoms with Crippen LogP contribution in [0.2, 0.25) is 0 Å². The smallest absolute Gasteiger partial charge is 0.304 e. The lowest BCUT2D eigenvalue weighted by Crippen LogP contribution is -2.13. The summed E-state index contributed by atoms with van der Waals surface area (Å²) in [6.07, 6.45) is 0. The van der Waals surface area contributed by atoms with E-state index in [0.29, 0.717) is 16.9 Å². The molecule has 0 amide bonds. The first kappa shape index (κ1) is 15.2. The normalized spacial score (nSPS) is 11.3. The van der Waals surface area contributed by atoms with E-state index in [-0.39, 0.29) is 14.9 Å². The van der Waals surface area contributed by atoms with E-state index in [4.69, 9.17) is 5.73 Å². The van der Waals surface area contributed by atoms with Gasteiger partial charge in [0.2, 0.25) is 0 Å². The molecule has 2 aromatic rings. The van der Waals surface area contributed by atoms with E-state index >= 15 is 0 Å². The number of benzene rings is 1. The number of sulfonamides is 1. The van der Waals surface area contributed by atoms with Crippen molar-refractivity contribution in [2.45, 2.75) is 11.1 Å². The molecule has 0 saturated heterocycles. The zero-order valence-corrected chi connectivity index (χ0v) is 12.3. The number of anilines is 2. The maximum atomic E-state index is 13.7. The number of aryl methyl sites for hydroxylation is 1. The largest absolute Gasteiger partial charge is 0.385 e. The number of nitrogens with zero attached hydrogens (tertiary/aromatic N) is 1. The number of hydrogen-bond acceptors (Lipinski definition) is 6. The number of nitrogens with two attached hydrogens (primary N) is 1. The molecule has 21 heavy (non-hydrogen) atoms. The zero-order valence-electron chi connectivity index (χ0n) is 10.7. The third-order valence-corrected chi connectivity index (χ3v) is 5.41. The molecule has 0 aliphatic carbocycles. The number of halogens is 1. The van der Waals surface area contributed by atoms with Crippen molar-refractivity contribution in [1.82, 2.24) is 0 Å². The first-order valence-corrected chi connectivity index (χ1v) is 7.84. The standard InChI is InChI=1S/C11H10FN3O4S2/c1-6-3-2-4-7(12)10(6)14-21(18,19)9-5-8(15(16)17)11(13)20-9/h2-5,14H,13H2,1H3. The Hall–Kier alpha value is -2.20. The Morgan fingerprint density at radius 3 is 2.62 bits per heavy atom. The van der Waals surface area contributed by atoms with Gasteiger partial charge in [-0.2, -0.15) is 0 Å². The highest BCUT2D eigenvalue weighted by atomic mass is 32.2. The number of nitrogen functional groups attached to an aromatic ring is 1. The number of rotatable bonds is 4. The van der Waals surface area contributed by atoms with Crippen molar-refractivity contribution in [2.24, 2.45) is 0 Å². The summed E-state index contributed by atoms with van der Waals surface area (Å²) in [5.74, 6) is -0.738. The van der Waals surface area contributed by atoms with Gasteiger partial charge in [-0.15, -0.1) is 0 Å². The minimum atomic E-state index is -4.15. The second-order valence-electron chi connectivity index (χ2n) is 4.11. The van der Waals surface area contributed by atoms with E-state index in [9.17, 15) is 22.9 Å². The van der Waals surface area contributed by atoms with Crippen molar-refractivity contribution >= 4 is 37.7 Å². The summed E-state index contributed by atoms with van der Waals surface area (Å²) >= 11 is 0.544. The molecule has 112 valence electrons. The molecule has 2 rings (SSSR count). The van der Waals surface area contributed by atoms with Crippen LogP contribution in [-0.4, -0.2) is 13.3 Å². The molecule has 1 heterocycles. The molecule has 0 fully saturated rings. The van der Waals surface area contributed by atoms with Crippen LogP contribution in [0.25, 0.3) is 0 Å². The van der Waals surface area contributed by atoms with Gasteiger partial charge in [0.25, 0.3) is 10.0 Å². The van der Waals surface area contributed by atoms with Crippen molar-refractivity contribution < 1.29 is 17.7 Å². The highest BCUT2D eigenvalue weighted by Crippen LogP contribution is 2.35. The van der Waals surface area contributed by atoms with Gasteiger partial charge < -0.3 is 5.73 Å². The minimum Gasteiger partial charge on any atom is -0.385 e. The van der Waals surface area contributed by atoms with Crippen LogP contribution in [0, 0.1) is 22.9 Å². The Kier molecular flexibility index (Phi) is 3.83. The SMILES string of the molecule is Cc1cccc(F)c1NS(=O)(=O)c1cc([N+](=O)[O-])c(N)s1. The topological polar surface area (TPSA) is 115 Å². The first-order valence-electron chi connectivity index (χ1n) is 5.54. The molecule has 1 aromatic heterocycles. The Bertz CT molecular complexity index is 797. The molecular weight excluding hydrogens is 321 g/mol. The first-order chi connectivity index (χ1) is 9.72. The van der Waals surface area contributed by atoms with E-state index in [1.165, 1.54) is 19.1 Å². The predicted molar refractivity (Wildman–Crippen MR) is 77.3 cm³/mol. The van der Waals surface area contributed by atoms with E-state index < -0.39 is 26.5 Å². The molecular formula is C11H10FN3O4S2. The van der Waals surface area contributed by atoms with Crippen molar-refractivity contribution in [3.8, 4) is 0 Å². The number of hydrogen-bond donors (Lipinski definition) is 2. The maximum absolute atomic E-state index is 13.7. The molecule has 1 aromatic carbocycles. The molecule has 0 radical (unpaired) electrons. The number of nitro groups is 1. The van der Waals surface area contributed by atoms with E-state index in [1.807, 2.05) is 0 Å². The van der Waals surface area contributed by atoms with Crippen molar-refractivity contribution in [3.63, 3.8) is 0 Å². The van der Waals surface area contributed by atoms with Gasteiger partial charge >= 0.3 is 5.69 Å². The molecule has 0 aliphatic heterocycles. The maximum Gasteiger partial charge on any atom is 0.304 e. The third-order valence-electron chi connectivity index (χ3n) is 2.64. The Balaban J connectivity index is 2.44. The zero-order chi connectivity index (χ0) is 15.8. The molecule has 0 saturated carbocycles. The van der Waals surface area contributed by atoms with Crippen molar-refractivity contribution in [1.29, 1.82) is 0 Å². The Morgan fingerprint density at radius 2 is 2.10 bits per heavy atom. The lowest BCUT2D eigenvalue weighted by atomic mass is 10.2. The quantitative estimate of drug-likeness (QED) is 0.659. The number of para-hydroxylation sites is 1. The molecule has 3 N–H and O–H groups in total. The average Bonchev–Trinajstić information content (AvgIpc) is 2.77. The monoisotopic (exact) mass is 331 g/mol. The van der Waals surface area contributed by atoms with Gasteiger partial charge in [-0.25, -0.2) is 12.8 Å². The molecule has 0 spiro atoms. The van der Waals surface area contributed by atoms with Gasteiger partial charge in [-0.05, 0) is 18.6 Å². The molecule has 0 aliphatic rings. The summed E-state index contributed by atoms with van der Waals surface area (Å²) in [6.45, 7) is 1.53. The second-order valence-corrected chi connectivity index (χ2v) is 7.10. The van der Waals surface area contributed by atoms with Crippen molar-refractivity contribution in [2.75, 3.05) is 10.5 Å². The van der Waals surface area contributed by atoms with E-state index in [0.717, 1.165) is 12.1 Å². The third kappa shape index (κ3) is 2.95. The summed E-state index contributed by atoms with van der Waals surface area (Å²) in [5, 5.41) is 10.5. The van der Waals surface area contributed by atoms with E-state index in [1.54, 1.807) is 0 Å². The summed E-state index contributed by atoms with van der Waals surface area (Å²) in [5.41, 5.74) is 5.09. The van der Waals surface area contributed by atoms with Gasteiger partial charge in [0.15, 0.2) is 5.00 Å². The summed E-state index contributed by atoms with van der Waals surface area (Å²) in [6, 6.07) is 4.93. The van der Waals surface area contributed by atoms with Crippen LogP contribution in [0.1, 0.15) is 5.56 Å². The molecule has 0 unspecified atom stereocenters. The van der Waals surface area contributed by atoms with Crippen LogP contribution >= 0.6 is 11.3 Å². The Labute approximate surface area is 123 Å². The van der Waals surface area contributed by atoms with Gasteiger partial charge in [0.1, 0.15) is 10.0 Å². The van der Waals surface area contributed by atoms with Crippen LogP contribution in [0.3, 0.4) is 0 Å². The second kappa shape index (κ2) is 5.30. The lowest BCUT2D eigenvalue weighted by molar-refractivity contribution is -0.383. The summed E-state index contributed by atoms with van der Waals surface area (Å²) in [4.78, 5) is 9.91. The van der Waals surface area contributed by atoms with Crippen LogP contribution < -0.4 is 10.5 Å². The van der Waals surface area contributed by atoms with E-state index in [2.05, 4.69) is 4.72 Å². The van der Waals surface area contributed by atoms with Gasteiger partial charge in [0.05, 0.1) is 10.6 Å². The average molecular weight is 331 g/mol. The van der Waals surface area contributed by atoms with Crippen LogP contribution in [0.4, 0.5) is 20.8 Å². The highest BCUT2D eigenvalue weighted by Gasteiger charge is 2.26. The molecule has 7 nitrogen and oxygen atoms in total. The summed E-state index contributed by atoms with van der Waals surface area (Å²) in [7, 11) is -4.15. The highest BCUT2D eigenvalue weighted by molar-refractivity contribution is 7.94. The molecule has 10 heteroatoms. The fourth-order valence-corrected chi connectivity index (χ4v) is 3.95. The van der Waals surface area contributed by atoms with Crippen LogP contribution in [0.15, 0.2) is 28.5 Å². The number of thiophene rings is 1. The number of nitrogens with one attached hydrogen (secondary N) is 1. The minimum absolute atomic E-state index is 0.202. The van der Waals surface area contributed by atoms with Gasteiger partial charge in [-0.3, -0.25) is 14.8 Å². The van der Waals surface area contributed by atoms with Gasteiger partial charge in [-0.1, -0.05) is 23.5 Å². The molecule has 0 bridgehead atoms. The predicted octanol–water partition coefficient (Wildman–Crippen LogP) is 2.49. The lowest BCUT2D eigenvalue weighted by Gasteiger charge is -2.09. The van der Waals surface area contributed by atoms with Crippen molar-refractivity contribution in [3.05, 3.63) is 45.8 Å². The molecule has 0 atom stereocenters. The summed E-state index contributed by atoms with van der Waals surface area (Å²) < 4.78 is 39.7. The fraction of sp³-hybridized carbons (Fsp3) is 0.0909. The van der Waals surface area contributed by atoms with Crippen LogP contribution in [-0.2, 0) is 10.0 Å².